The monoisotopic (exact) mass is 298 g/mol. The van der Waals surface area contributed by atoms with Crippen molar-refractivity contribution in [3.05, 3.63) is 60.2 Å². The summed E-state index contributed by atoms with van der Waals surface area (Å²) in [5.41, 5.74) is 1.19. The van der Waals surface area contributed by atoms with Crippen molar-refractivity contribution in [2.24, 2.45) is 0 Å². The van der Waals surface area contributed by atoms with Crippen molar-refractivity contribution in [3.63, 3.8) is 0 Å². The van der Waals surface area contributed by atoms with E-state index in [0.717, 1.165) is 0 Å². The van der Waals surface area contributed by atoms with E-state index in [0.29, 0.717) is 17.0 Å². The molecule has 114 valence electrons. The molecule has 0 aliphatic heterocycles. The van der Waals surface area contributed by atoms with Crippen LogP contribution in [0.1, 0.15) is 10.4 Å². The van der Waals surface area contributed by atoms with E-state index in [1.54, 1.807) is 62.6 Å². The maximum atomic E-state index is 12.1. The molecule has 2 rings (SSSR count). The normalized spacial score (nSPS) is 9.91. The maximum absolute atomic E-state index is 12.1. The Balaban J connectivity index is 1.99. The van der Waals surface area contributed by atoms with Crippen LogP contribution >= 0.6 is 0 Å². The van der Waals surface area contributed by atoms with E-state index in [1.807, 2.05) is 6.07 Å². The van der Waals surface area contributed by atoms with E-state index in [9.17, 15) is 9.59 Å². The van der Waals surface area contributed by atoms with Gasteiger partial charge in [-0.25, -0.2) is 0 Å². The molecular weight excluding hydrogens is 280 g/mol. The molecule has 0 saturated heterocycles. The third-order valence-electron chi connectivity index (χ3n) is 2.99. The lowest BCUT2D eigenvalue weighted by molar-refractivity contribution is -0.130. The van der Waals surface area contributed by atoms with Gasteiger partial charge in [-0.15, -0.1) is 0 Å². The van der Waals surface area contributed by atoms with Gasteiger partial charge in [-0.05, 0) is 24.3 Å². The molecule has 0 bridgehead atoms. The van der Waals surface area contributed by atoms with Gasteiger partial charge in [0.2, 0.25) is 0 Å². The van der Waals surface area contributed by atoms with Gasteiger partial charge >= 0.3 is 0 Å². The number of carbonyl (C=O) groups is 2. The second-order valence-corrected chi connectivity index (χ2v) is 4.92. The van der Waals surface area contributed by atoms with Crippen LogP contribution in [0.15, 0.2) is 54.6 Å². The smallest absolute Gasteiger partial charge is 0.259 e. The second kappa shape index (κ2) is 7.26. The van der Waals surface area contributed by atoms with Crippen LogP contribution < -0.4 is 10.1 Å². The van der Waals surface area contributed by atoms with Gasteiger partial charge in [-0.3, -0.25) is 9.59 Å². The van der Waals surface area contributed by atoms with E-state index in [4.69, 9.17) is 4.74 Å². The summed E-state index contributed by atoms with van der Waals surface area (Å²) in [7, 11) is 3.34. The number of nitrogens with zero attached hydrogens (tertiary/aromatic N) is 1. The lowest BCUT2D eigenvalue weighted by Gasteiger charge is -2.12. The van der Waals surface area contributed by atoms with Crippen LogP contribution in [0.5, 0.6) is 5.75 Å². The number of benzene rings is 2. The standard InChI is InChI=1S/C17H18N2O3/c1-19(2)16(20)12-22-15-10-6-9-14(11-15)18-17(21)13-7-4-3-5-8-13/h3-11H,12H2,1-2H3,(H,18,21). The molecule has 0 heterocycles. The van der Waals surface area contributed by atoms with Crippen molar-refractivity contribution in [3.8, 4) is 5.75 Å². The van der Waals surface area contributed by atoms with Gasteiger partial charge in [0.25, 0.3) is 11.8 Å². The highest BCUT2D eigenvalue weighted by molar-refractivity contribution is 6.04. The Morgan fingerprint density at radius 3 is 2.45 bits per heavy atom. The van der Waals surface area contributed by atoms with Gasteiger partial charge in [0.1, 0.15) is 5.75 Å². The summed E-state index contributed by atoms with van der Waals surface area (Å²) in [5.74, 6) is 0.210. The average molecular weight is 298 g/mol. The van der Waals surface area contributed by atoms with Crippen molar-refractivity contribution in [2.45, 2.75) is 0 Å². The fraction of sp³-hybridized carbons (Fsp3) is 0.176. The summed E-state index contributed by atoms with van der Waals surface area (Å²) in [4.78, 5) is 25.0. The number of amides is 2. The number of anilines is 1. The minimum atomic E-state index is -0.192. The van der Waals surface area contributed by atoms with Crippen molar-refractivity contribution >= 4 is 17.5 Å². The molecule has 0 aliphatic rings. The molecule has 2 aromatic carbocycles. The zero-order valence-electron chi connectivity index (χ0n) is 12.6. The van der Waals surface area contributed by atoms with E-state index in [2.05, 4.69) is 5.32 Å². The van der Waals surface area contributed by atoms with Crippen LogP contribution in [0, 0.1) is 0 Å². The third kappa shape index (κ3) is 4.34. The Bertz CT molecular complexity index is 654. The zero-order chi connectivity index (χ0) is 15.9. The molecule has 0 saturated carbocycles. The number of likely N-dealkylation sites (N-methyl/N-ethyl adjacent to an activating group) is 1. The first kappa shape index (κ1) is 15.6. The number of ether oxygens (including phenoxy) is 1. The lowest BCUT2D eigenvalue weighted by atomic mass is 10.2. The van der Waals surface area contributed by atoms with Gasteiger partial charge in [-0.2, -0.15) is 0 Å². The van der Waals surface area contributed by atoms with E-state index in [1.165, 1.54) is 4.90 Å². The van der Waals surface area contributed by atoms with Gasteiger partial charge in [-0.1, -0.05) is 24.3 Å². The molecule has 0 fully saturated rings. The Morgan fingerprint density at radius 2 is 1.77 bits per heavy atom. The van der Waals surface area contributed by atoms with Crippen molar-refractivity contribution in [2.75, 3.05) is 26.0 Å². The van der Waals surface area contributed by atoms with Crippen molar-refractivity contribution in [1.29, 1.82) is 0 Å². The molecule has 0 aromatic heterocycles. The molecular formula is C17H18N2O3. The van der Waals surface area contributed by atoms with Gasteiger partial charge < -0.3 is 15.0 Å². The zero-order valence-corrected chi connectivity index (χ0v) is 12.6. The number of nitrogens with one attached hydrogen (secondary N) is 1. The molecule has 0 radical (unpaired) electrons. The average Bonchev–Trinajstić information content (AvgIpc) is 2.53. The van der Waals surface area contributed by atoms with Gasteiger partial charge in [0.05, 0.1) is 0 Å². The largest absolute Gasteiger partial charge is 0.484 e. The van der Waals surface area contributed by atoms with Crippen molar-refractivity contribution < 1.29 is 14.3 Å². The van der Waals surface area contributed by atoms with Crippen LogP contribution in [0.2, 0.25) is 0 Å². The Hall–Kier alpha value is -2.82. The Labute approximate surface area is 129 Å². The lowest BCUT2D eigenvalue weighted by Crippen LogP contribution is -2.27. The molecule has 2 amide bonds. The molecule has 0 atom stereocenters. The number of hydrogen-bond acceptors (Lipinski definition) is 3. The van der Waals surface area contributed by atoms with Crippen LogP contribution in [-0.2, 0) is 4.79 Å². The molecule has 0 spiro atoms. The van der Waals surface area contributed by atoms with Gasteiger partial charge in [0, 0.05) is 31.4 Å². The second-order valence-electron chi connectivity index (χ2n) is 4.92. The first-order chi connectivity index (χ1) is 10.6. The molecule has 0 aliphatic carbocycles. The minimum absolute atomic E-state index is 0.0386. The maximum Gasteiger partial charge on any atom is 0.259 e. The predicted octanol–water partition coefficient (Wildman–Crippen LogP) is 2.41. The molecule has 22 heavy (non-hydrogen) atoms. The summed E-state index contributed by atoms with van der Waals surface area (Å²) < 4.78 is 5.41. The number of carbonyl (C=O) groups excluding carboxylic acids is 2. The SMILES string of the molecule is CN(C)C(=O)COc1cccc(NC(=O)c2ccccc2)c1. The molecule has 2 aromatic rings. The van der Waals surface area contributed by atoms with Crippen LogP contribution in [0.25, 0.3) is 0 Å². The fourth-order valence-electron chi connectivity index (χ4n) is 1.73. The Morgan fingerprint density at radius 1 is 1.05 bits per heavy atom. The predicted molar refractivity (Wildman–Crippen MR) is 85.0 cm³/mol. The summed E-state index contributed by atoms with van der Waals surface area (Å²) in [5, 5.41) is 2.79. The highest BCUT2D eigenvalue weighted by Gasteiger charge is 2.07. The summed E-state index contributed by atoms with van der Waals surface area (Å²) in [6.45, 7) is -0.0386. The third-order valence-corrected chi connectivity index (χ3v) is 2.99. The Kier molecular flexibility index (Phi) is 5.14. The topological polar surface area (TPSA) is 58.6 Å². The quantitative estimate of drug-likeness (QED) is 0.922. The molecule has 0 unspecified atom stereocenters. The highest BCUT2D eigenvalue weighted by atomic mass is 16.5. The first-order valence-corrected chi connectivity index (χ1v) is 6.85. The minimum Gasteiger partial charge on any atom is -0.484 e. The highest BCUT2D eigenvalue weighted by Crippen LogP contribution is 2.18. The molecule has 5 heteroatoms. The molecule has 1 N–H and O–H groups in total. The van der Waals surface area contributed by atoms with E-state index < -0.39 is 0 Å². The van der Waals surface area contributed by atoms with Crippen LogP contribution in [-0.4, -0.2) is 37.4 Å². The summed E-state index contributed by atoms with van der Waals surface area (Å²) in [6.07, 6.45) is 0. The van der Waals surface area contributed by atoms with E-state index >= 15 is 0 Å². The summed E-state index contributed by atoms with van der Waals surface area (Å²) >= 11 is 0. The first-order valence-electron chi connectivity index (χ1n) is 6.85. The van der Waals surface area contributed by atoms with Gasteiger partial charge in [0.15, 0.2) is 6.61 Å². The van der Waals surface area contributed by atoms with Crippen molar-refractivity contribution in [1.82, 2.24) is 4.90 Å². The summed E-state index contributed by atoms with van der Waals surface area (Å²) in [6, 6.07) is 15.9. The molecule has 5 nitrogen and oxygen atoms in total. The number of rotatable bonds is 5. The fourth-order valence-corrected chi connectivity index (χ4v) is 1.73. The van der Waals surface area contributed by atoms with E-state index in [-0.39, 0.29) is 18.4 Å². The number of hydrogen-bond donors (Lipinski definition) is 1. The van der Waals surface area contributed by atoms with Crippen LogP contribution in [0.3, 0.4) is 0 Å². The van der Waals surface area contributed by atoms with Crippen LogP contribution in [0.4, 0.5) is 5.69 Å².